The van der Waals surface area contributed by atoms with Crippen LogP contribution >= 0.6 is 0 Å². The Balaban J connectivity index is 1.53. The largest absolute Gasteiger partial charge is 0.447 e. The van der Waals surface area contributed by atoms with Gasteiger partial charge in [-0.1, -0.05) is 6.07 Å². The molecule has 1 aromatic carbocycles. The van der Waals surface area contributed by atoms with Crippen molar-refractivity contribution in [1.29, 1.82) is 5.26 Å². The summed E-state index contributed by atoms with van der Waals surface area (Å²) in [5.74, 6) is 0.540. The number of halogens is 1. The lowest BCUT2D eigenvalue weighted by molar-refractivity contribution is 0.174. The van der Waals surface area contributed by atoms with Crippen LogP contribution in [0.25, 0.3) is 11.1 Å². The third-order valence-electron chi connectivity index (χ3n) is 5.73. The van der Waals surface area contributed by atoms with E-state index in [0.717, 1.165) is 22.4 Å². The maximum atomic E-state index is 13.9. The van der Waals surface area contributed by atoms with Gasteiger partial charge in [-0.15, -0.1) is 0 Å². The van der Waals surface area contributed by atoms with Crippen molar-refractivity contribution in [3.05, 3.63) is 59.5 Å². The van der Waals surface area contributed by atoms with Gasteiger partial charge in [-0.25, -0.2) is 14.2 Å². The normalized spacial score (nSPS) is 17.1. The predicted molar refractivity (Wildman–Crippen MR) is 126 cm³/mol. The standard InChI is InChI=1S/C24H24FN7O2/c1-13-8-20(29-11-18(13)16-4-5-17(10-26)19(27)9-16)15(3)30-23-28-7-6-22(31-23)32-21(14(2)25)12-34-24(32)33/h4-9,11,14-15,21H,12,27H2,1-3H3,(H,28,30,31)/t14-,15-,21+/m0/s1. The average molecular weight is 462 g/mol. The van der Waals surface area contributed by atoms with Gasteiger partial charge in [0.2, 0.25) is 5.95 Å². The van der Waals surface area contributed by atoms with Gasteiger partial charge in [0.05, 0.1) is 23.0 Å². The number of nitrogen functional groups attached to an aromatic ring is 1. The molecule has 1 amide bonds. The Labute approximate surface area is 196 Å². The number of carbonyl (C=O) groups excluding carboxylic acids is 1. The van der Waals surface area contributed by atoms with Crippen molar-refractivity contribution in [2.75, 3.05) is 22.6 Å². The quantitative estimate of drug-likeness (QED) is 0.524. The van der Waals surface area contributed by atoms with Gasteiger partial charge in [0.15, 0.2) is 0 Å². The summed E-state index contributed by atoms with van der Waals surface area (Å²) in [5.41, 5.74) is 10.3. The highest BCUT2D eigenvalue weighted by Gasteiger charge is 2.39. The number of anilines is 3. The van der Waals surface area contributed by atoms with E-state index in [-0.39, 0.29) is 24.4 Å². The molecule has 174 valence electrons. The van der Waals surface area contributed by atoms with Crippen LogP contribution < -0.4 is 16.0 Å². The van der Waals surface area contributed by atoms with Crippen molar-refractivity contribution in [2.45, 2.75) is 39.0 Å². The zero-order chi connectivity index (χ0) is 24.4. The summed E-state index contributed by atoms with van der Waals surface area (Å²) in [6.45, 7) is 5.23. The average Bonchev–Trinajstić information content (AvgIpc) is 3.21. The van der Waals surface area contributed by atoms with Gasteiger partial charge in [-0.3, -0.25) is 9.88 Å². The Bertz CT molecular complexity index is 1270. The molecule has 1 fully saturated rings. The van der Waals surface area contributed by atoms with E-state index in [2.05, 4.69) is 26.3 Å². The predicted octanol–water partition coefficient (Wildman–Crippen LogP) is 4.16. The highest BCUT2D eigenvalue weighted by molar-refractivity contribution is 5.89. The summed E-state index contributed by atoms with van der Waals surface area (Å²) < 4.78 is 18.9. The molecule has 0 unspecified atom stereocenters. The summed E-state index contributed by atoms with van der Waals surface area (Å²) >= 11 is 0. The van der Waals surface area contributed by atoms with Gasteiger partial charge >= 0.3 is 6.09 Å². The molecule has 4 rings (SSSR count). The van der Waals surface area contributed by atoms with Crippen molar-refractivity contribution in [3.63, 3.8) is 0 Å². The lowest BCUT2D eigenvalue weighted by Crippen LogP contribution is -2.39. The number of carbonyl (C=O) groups is 1. The first kappa shape index (κ1) is 22.9. The van der Waals surface area contributed by atoms with Gasteiger partial charge < -0.3 is 15.8 Å². The van der Waals surface area contributed by atoms with E-state index in [1.54, 1.807) is 18.3 Å². The summed E-state index contributed by atoms with van der Waals surface area (Å²) in [6, 6.07) is 9.85. The maximum absolute atomic E-state index is 13.9. The number of pyridine rings is 1. The number of alkyl halides is 1. The van der Waals surface area contributed by atoms with E-state index in [0.29, 0.717) is 11.3 Å². The van der Waals surface area contributed by atoms with Crippen molar-refractivity contribution < 1.29 is 13.9 Å². The Morgan fingerprint density at radius 1 is 1.29 bits per heavy atom. The molecule has 0 saturated carbocycles. The number of amides is 1. The molecule has 1 saturated heterocycles. The summed E-state index contributed by atoms with van der Waals surface area (Å²) in [6.07, 6.45) is 1.35. The third kappa shape index (κ3) is 4.45. The molecular weight excluding hydrogens is 437 g/mol. The molecule has 0 bridgehead atoms. The van der Waals surface area contributed by atoms with Crippen LogP contribution in [0, 0.1) is 18.3 Å². The van der Waals surface area contributed by atoms with E-state index in [1.165, 1.54) is 24.1 Å². The van der Waals surface area contributed by atoms with Crippen molar-refractivity contribution in [2.24, 2.45) is 0 Å². The highest BCUT2D eigenvalue weighted by Crippen LogP contribution is 2.29. The molecule has 9 nitrogen and oxygen atoms in total. The zero-order valence-electron chi connectivity index (χ0n) is 19.0. The van der Waals surface area contributed by atoms with Gasteiger partial charge in [0, 0.05) is 18.0 Å². The van der Waals surface area contributed by atoms with E-state index < -0.39 is 18.3 Å². The van der Waals surface area contributed by atoms with Crippen LogP contribution in [0.4, 0.5) is 26.6 Å². The molecule has 3 heterocycles. The van der Waals surface area contributed by atoms with Crippen LogP contribution in [0.1, 0.15) is 36.7 Å². The molecular formula is C24H24FN7O2. The summed E-state index contributed by atoms with van der Waals surface area (Å²) in [7, 11) is 0. The van der Waals surface area contributed by atoms with Crippen molar-refractivity contribution >= 4 is 23.5 Å². The minimum absolute atomic E-state index is 0.0277. The Kier molecular flexibility index (Phi) is 6.27. The lowest BCUT2D eigenvalue weighted by Gasteiger charge is -2.22. The fourth-order valence-electron chi connectivity index (χ4n) is 3.81. The Hall–Kier alpha value is -4.26. The number of hydrogen-bond acceptors (Lipinski definition) is 8. The first-order chi connectivity index (χ1) is 16.3. The molecule has 0 radical (unpaired) electrons. The molecule has 3 atom stereocenters. The number of rotatable bonds is 6. The van der Waals surface area contributed by atoms with E-state index in [1.807, 2.05) is 26.0 Å². The van der Waals surface area contributed by atoms with Crippen LogP contribution in [-0.4, -0.2) is 39.9 Å². The number of aromatic nitrogens is 3. The number of nitriles is 1. The second-order valence-corrected chi connectivity index (χ2v) is 8.13. The Morgan fingerprint density at radius 2 is 2.09 bits per heavy atom. The van der Waals surface area contributed by atoms with Crippen LogP contribution in [-0.2, 0) is 4.74 Å². The van der Waals surface area contributed by atoms with Crippen molar-refractivity contribution in [3.8, 4) is 17.2 Å². The lowest BCUT2D eigenvalue weighted by atomic mass is 9.99. The number of benzene rings is 1. The van der Waals surface area contributed by atoms with Crippen LogP contribution in [0.15, 0.2) is 42.7 Å². The minimum atomic E-state index is -1.27. The number of nitrogens with zero attached hydrogens (tertiary/aromatic N) is 5. The smallest absolute Gasteiger partial charge is 0.416 e. The minimum Gasteiger partial charge on any atom is -0.447 e. The Morgan fingerprint density at radius 3 is 2.76 bits per heavy atom. The fraction of sp³-hybridized carbons (Fsp3) is 0.292. The summed E-state index contributed by atoms with van der Waals surface area (Å²) in [4.78, 5) is 26.5. The van der Waals surface area contributed by atoms with E-state index in [9.17, 15) is 9.18 Å². The molecule has 3 aromatic rings. The molecule has 10 heteroatoms. The van der Waals surface area contributed by atoms with Gasteiger partial charge in [0.25, 0.3) is 0 Å². The molecule has 0 spiro atoms. The first-order valence-corrected chi connectivity index (χ1v) is 10.7. The van der Waals surface area contributed by atoms with E-state index in [4.69, 9.17) is 15.7 Å². The second-order valence-electron chi connectivity index (χ2n) is 8.13. The number of nitrogens with one attached hydrogen (secondary N) is 1. The summed E-state index contributed by atoms with van der Waals surface area (Å²) in [5, 5.41) is 12.3. The van der Waals surface area contributed by atoms with Crippen molar-refractivity contribution in [1.82, 2.24) is 15.0 Å². The highest BCUT2D eigenvalue weighted by atomic mass is 19.1. The molecule has 1 aliphatic rings. The fourth-order valence-corrected chi connectivity index (χ4v) is 3.81. The van der Waals surface area contributed by atoms with Crippen LogP contribution in [0.3, 0.4) is 0 Å². The monoisotopic (exact) mass is 461 g/mol. The zero-order valence-corrected chi connectivity index (χ0v) is 19.0. The van der Waals surface area contributed by atoms with Crippen LogP contribution in [0.5, 0.6) is 0 Å². The molecule has 1 aliphatic heterocycles. The molecule has 0 aliphatic carbocycles. The maximum Gasteiger partial charge on any atom is 0.416 e. The second kappa shape index (κ2) is 9.31. The number of cyclic esters (lactones) is 1. The van der Waals surface area contributed by atoms with E-state index >= 15 is 0 Å². The van der Waals surface area contributed by atoms with Crippen LogP contribution in [0.2, 0.25) is 0 Å². The number of ether oxygens (including phenoxy) is 1. The molecule has 34 heavy (non-hydrogen) atoms. The molecule has 2 aromatic heterocycles. The number of nitrogens with two attached hydrogens (primary N) is 1. The topological polar surface area (TPSA) is 130 Å². The van der Waals surface area contributed by atoms with Gasteiger partial charge in [-0.05, 0) is 56.2 Å². The SMILES string of the molecule is Cc1cc([C@H](C)Nc2nccc(N3C(=O)OC[C@@H]3[C@H](C)F)n2)ncc1-c1ccc(C#N)c(N)c1. The van der Waals surface area contributed by atoms with Gasteiger partial charge in [0.1, 0.15) is 30.7 Å². The van der Waals surface area contributed by atoms with Gasteiger partial charge in [-0.2, -0.15) is 10.2 Å². The molecule has 3 N–H and O–H groups in total. The first-order valence-electron chi connectivity index (χ1n) is 10.7. The number of hydrogen-bond donors (Lipinski definition) is 2. The third-order valence-corrected chi connectivity index (χ3v) is 5.73. The number of aryl methyl sites for hydroxylation is 1.